The molecule has 6 heteroatoms. The van der Waals surface area contributed by atoms with Crippen molar-refractivity contribution in [3.05, 3.63) is 41.0 Å². The van der Waals surface area contributed by atoms with E-state index in [2.05, 4.69) is 0 Å². The number of carboxylic acids is 1. The van der Waals surface area contributed by atoms with Gasteiger partial charge >= 0.3 is 5.97 Å². The lowest BCUT2D eigenvalue weighted by molar-refractivity contribution is -0.131. The SMILES string of the molecule is Cc1ccc(C(=O)N(CC#N)CC#N)cc1/C=C/C(=O)O. The maximum atomic E-state index is 12.2. The molecule has 0 radical (unpaired) electrons. The average Bonchev–Trinajstić information content (AvgIpc) is 2.45. The topological polar surface area (TPSA) is 105 Å². The molecule has 0 aliphatic heterocycles. The van der Waals surface area contributed by atoms with Crippen LogP contribution in [0.15, 0.2) is 24.3 Å². The van der Waals surface area contributed by atoms with Crippen molar-refractivity contribution in [3.63, 3.8) is 0 Å². The van der Waals surface area contributed by atoms with E-state index in [1.54, 1.807) is 25.1 Å². The largest absolute Gasteiger partial charge is 0.478 e. The number of hydrogen-bond donors (Lipinski definition) is 1. The zero-order valence-corrected chi connectivity index (χ0v) is 11.4. The molecule has 1 aromatic rings. The molecule has 0 spiro atoms. The number of rotatable bonds is 5. The molecular weight excluding hydrogens is 270 g/mol. The van der Waals surface area contributed by atoms with Crippen molar-refractivity contribution in [2.75, 3.05) is 13.1 Å². The number of aliphatic carboxylic acids is 1. The Bertz CT molecular complexity index is 650. The number of hydrogen-bond acceptors (Lipinski definition) is 4. The standard InChI is InChI=1S/C15H13N3O3/c1-11-2-3-13(10-12(11)4-5-14(19)20)15(21)18(8-6-16)9-7-17/h2-5,10H,8-9H2,1H3,(H,19,20)/b5-4+. The molecule has 21 heavy (non-hydrogen) atoms. The summed E-state index contributed by atoms with van der Waals surface area (Å²) in [7, 11) is 0. The van der Waals surface area contributed by atoms with Gasteiger partial charge in [-0.1, -0.05) is 6.07 Å². The number of amides is 1. The summed E-state index contributed by atoms with van der Waals surface area (Å²) in [5, 5.41) is 26.0. The normalized spacial score (nSPS) is 9.86. The van der Waals surface area contributed by atoms with E-state index < -0.39 is 11.9 Å². The molecule has 1 rings (SSSR count). The van der Waals surface area contributed by atoms with Crippen LogP contribution in [0.5, 0.6) is 0 Å². The van der Waals surface area contributed by atoms with Crippen molar-refractivity contribution in [3.8, 4) is 12.1 Å². The first-order valence-corrected chi connectivity index (χ1v) is 6.04. The molecule has 106 valence electrons. The van der Waals surface area contributed by atoms with Crippen LogP contribution in [0.1, 0.15) is 21.5 Å². The quantitative estimate of drug-likeness (QED) is 0.652. The summed E-state index contributed by atoms with van der Waals surface area (Å²) in [6, 6.07) is 8.47. The molecule has 6 nitrogen and oxygen atoms in total. The highest BCUT2D eigenvalue weighted by Crippen LogP contribution is 2.15. The van der Waals surface area contributed by atoms with Gasteiger partial charge in [0.05, 0.1) is 12.1 Å². The second-order valence-electron chi connectivity index (χ2n) is 4.22. The van der Waals surface area contributed by atoms with Gasteiger partial charge in [-0.2, -0.15) is 10.5 Å². The average molecular weight is 283 g/mol. The van der Waals surface area contributed by atoms with Crippen LogP contribution in [0.3, 0.4) is 0 Å². The van der Waals surface area contributed by atoms with Crippen molar-refractivity contribution >= 4 is 18.0 Å². The van der Waals surface area contributed by atoms with Gasteiger partial charge in [-0.3, -0.25) is 4.79 Å². The minimum atomic E-state index is -1.08. The molecule has 1 amide bonds. The Morgan fingerprint density at radius 1 is 1.29 bits per heavy atom. The van der Waals surface area contributed by atoms with E-state index in [9.17, 15) is 9.59 Å². The molecule has 0 saturated heterocycles. The number of carbonyl (C=O) groups is 2. The van der Waals surface area contributed by atoms with Gasteiger partial charge in [0.1, 0.15) is 13.1 Å². The second-order valence-corrected chi connectivity index (χ2v) is 4.22. The maximum Gasteiger partial charge on any atom is 0.328 e. The molecule has 0 heterocycles. The first kappa shape index (κ1) is 15.9. The van der Waals surface area contributed by atoms with Crippen LogP contribution in [-0.4, -0.2) is 35.0 Å². The molecule has 0 saturated carbocycles. The van der Waals surface area contributed by atoms with E-state index in [4.69, 9.17) is 15.6 Å². The zero-order chi connectivity index (χ0) is 15.8. The maximum absolute atomic E-state index is 12.2. The molecule has 0 aliphatic rings. The molecule has 0 bridgehead atoms. The van der Waals surface area contributed by atoms with Gasteiger partial charge in [0, 0.05) is 11.6 Å². The van der Waals surface area contributed by atoms with Crippen LogP contribution in [0, 0.1) is 29.6 Å². The van der Waals surface area contributed by atoms with Crippen LogP contribution in [0.2, 0.25) is 0 Å². The third kappa shape index (κ3) is 4.48. The van der Waals surface area contributed by atoms with Crippen molar-refractivity contribution in [2.45, 2.75) is 6.92 Å². The van der Waals surface area contributed by atoms with Crippen molar-refractivity contribution in [2.24, 2.45) is 0 Å². The fraction of sp³-hybridized carbons (Fsp3) is 0.200. The molecule has 0 aliphatic carbocycles. The third-order valence-electron chi connectivity index (χ3n) is 2.74. The van der Waals surface area contributed by atoms with Crippen LogP contribution in [-0.2, 0) is 4.79 Å². The summed E-state index contributed by atoms with van der Waals surface area (Å²) >= 11 is 0. The Kier molecular flexibility index (Phi) is 5.66. The lowest BCUT2D eigenvalue weighted by Gasteiger charge is -2.16. The number of carbonyl (C=O) groups excluding carboxylic acids is 1. The summed E-state index contributed by atoms with van der Waals surface area (Å²) in [5.41, 5.74) is 1.71. The third-order valence-corrected chi connectivity index (χ3v) is 2.74. The van der Waals surface area contributed by atoms with Crippen LogP contribution < -0.4 is 0 Å². The molecule has 0 aromatic heterocycles. The number of nitriles is 2. The van der Waals surface area contributed by atoms with Gasteiger partial charge < -0.3 is 10.0 Å². The molecule has 0 atom stereocenters. The molecule has 1 aromatic carbocycles. The Balaban J connectivity index is 3.11. The number of nitrogens with zero attached hydrogens (tertiary/aromatic N) is 3. The number of carboxylic acid groups (broad SMARTS) is 1. The molecule has 0 unspecified atom stereocenters. The van der Waals surface area contributed by atoms with E-state index in [1.807, 2.05) is 12.1 Å². The monoisotopic (exact) mass is 283 g/mol. The van der Waals surface area contributed by atoms with Gasteiger partial charge in [0.2, 0.25) is 0 Å². The van der Waals surface area contributed by atoms with Crippen molar-refractivity contribution in [1.82, 2.24) is 4.90 Å². The summed E-state index contributed by atoms with van der Waals surface area (Å²) in [5.74, 6) is -1.52. The summed E-state index contributed by atoms with van der Waals surface area (Å²) < 4.78 is 0. The first-order valence-electron chi connectivity index (χ1n) is 6.04. The van der Waals surface area contributed by atoms with Gasteiger partial charge in [0.15, 0.2) is 0 Å². The first-order chi connectivity index (χ1) is 9.99. The smallest absolute Gasteiger partial charge is 0.328 e. The van der Waals surface area contributed by atoms with Gasteiger partial charge in [0.25, 0.3) is 5.91 Å². The Morgan fingerprint density at radius 3 is 2.43 bits per heavy atom. The van der Waals surface area contributed by atoms with E-state index >= 15 is 0 Å². The Labute approximate surface area is 122 Å². The van der Waals surface area contributed by atoms with E-state index in [0.717, 1.165) is 16.5 Å². The predicted octanol–water partition coefficient (Wildman–Crippen LogP) is 1.58. The lowest BCUT2D eigenvalue weighted by atomic mass is 10.0. The molecular formula is C15H13N3O3. The van der Waals surface area contributed by atoms with Crippen molar-refractivity contribution in [1.29, 1.82) is 10.5 Å². The number of aryl methyl sites for hydroxylation is 1. The fourth-order valence-electron chi connectivity index (χ4n) is 1.67. The highest BCUT2D eigenvalue weighted by atomic mass is 16.4. The lowest BCUT2D eigenvalue weighted by Crippen LogP contribution is -2.31. The minimum absolute atomic E-state index is 0.180. The second kappa shape index (κ2) is 7.46. The summed E-state index contributed by atoms with van der Waals surface area (Å²) in [4.78, 5) is 23.9. The van der Waals surface area contributed by atoms with Crippen LogP contribution in [0.4, 0.5) is 0 Å². The van der Waals surface area contributed by atoms with E-state index in [1.165, 1.54) is 6.08 Å². The Hall–Kier alpha value is -3.12. The van der Waals surface area contributed by atoms with Gasteiger partial charge in [-0.15, -0.1) is 0 Å². The predicted molar refractivity (Wildman–Crippen MR) is 75.0 cm³/mol. The summed E-state index contributed by atoms with van der Waals surface area (Å²) in [6.45, 7) is 1.43. The highest BCUT2D eigenvalue weighted by molar-refractivity contribution is 5.95. The number of benzene rings is 1. The van der Waals surface area contributed by atoms with E-state index in [-0.39, 0.29) is 13.1 Å². The van der Waals surface area contributed by atoms with Crippen LogP contribution >= 0.6 is 0 Å². The van der Waals surface area contributed by atoms with Crippen molar-refractivity contribution < 1.29 is 14.7 Å². The fourth-order valence-corrected chi connectivity index (χ4v) is 1.67. The van der Waals surface area contributed by atoms with Crippen LogP contribution in [0.25, 0.3) is 6.08 Å². The van der Waals surface area contributed by atoms with Gasteiger partial charge in [-0.05, 0) is 36.3 Å². The van der Waals surface area contributed by atoms with E-state index in [0.29, 0.717) is 11.1 Å². The van der Waals surface area contributed by atoms with Gasteiger partial charge in [-0.25, -0.2) is 4.79 Å². The zero-order valence-electron chi connectivity index (χ0n) is 11.4. The minimum Gasteiger partial charge on any atom is -0.478 e. The summed E-state index contributed by atoms with van der Waals surface area (Å²) in [6.07, 6.45) is 2.38. The molecule has 0 fully saturated rings. The highest BCUT2D eigenvalue weighted by Gasteiger charge is 2.15. The molecule has 1 N–H and O–H groups in total. The Morgan fingerprint density at radius 2 is 1.90 bits per heavy atom.